The molecule has 0 aliphatic rings. The predicted molar refractivity (Wildman–Crippen MR) is 116 cm³/mol. The van der Waals surface area contributed by atoms with Crippen molar-refractivity contribution in [1.29, 1.82) is 0 Å². The highest BCUT2D eigenvalue weighted by Crippen LogP contribution is 2.17. The van der Waals surface area contributed by atoms with Crippen LogP contribution in [0.4, 0.5) is 5.69 Å². The van der Waals surface area contributed by atoms with Crippen molar-refractivity contribution in [2.24, 2.45) is 14.1 Å². The molecule has 0 saturated carbocycles. The number of hydrogen-bond donors (Lipinski definition) is 2. The Bertz CT molecular complexity index is 1160. The summed E-state index contributed by atoms with van der Waals surface area (Å²) in [5.74, 6) is -0.0956. The van der Waals surface area contributed by atoms with Gasteiger partial charge in [-0.15, -0.1) is 0 Å². The van der Waals surface area contributed by atoms with Gasteiger partial charge >= 0.3 is 0 Å². The van der Waals surface area contributed by atoms with Gasteiger partial charge in [0, 0.05) is 12.1 Å². The number of pyridine rings is 1. The average Bonchev–Trinajstić information content (AvgIpc) is 3.08. The van der Waals surface area contributed by atoms with Crippen LogP contribution in [0.15, 0.2) is 79.4 Å². The highest BCUT2D eigenvalue weighted by molar-refractivity contribution is 5.80. The van der Waals surface area contributed by atoms with E-state index in [4.69, 9.17) is 0 Å². The molecule has 152 valence electrons. The van der Waals surface area contributed by atoms with Gasteiger partial charge in [-0.2, -0.15) is 0 Å². The maximum atomic E-state index is 12.6. The van der Waals surface area contributed by atoms with Crippen molar-refractivity contribution >= 4 is 22.6 Å². The first-order valence-electron chi connectivity index (χ1n) is 10.1. The zero-order chi connectivity index (χ0) is 20.9. The number of anilines is 1. The molecule has 0 saturated heterocycles. The fourth-order valence-electron chi connectivity index (χ4n) is 3.63. The molecule has 2 N–H and O–H groups in total. The standard InChI is InChI=1S/C24H26N5O/c1-27-15-13-19(14-16-27)11-12-20-7-3-4-8-21(20)25-26-24(30)17-29-18-28(2)22-9-5-6-10-23(22)29/h3-10,13-16,18,25H,11-12,17H2,1-2H3/q+1/p+1. The second-order valence-corrected chi connectivity index (χ2v) is 7.55. The summed E-state index contributed by atoms with van der Waals surface area (Å²) >= 11 is 0. The normalized spacial score (nSPS) is 10.9. The Morgan fingerprint density at radius 2 is 1.67 bits per heavy atom. The van der Waals surface area contributed by atoms with Crippen molar-refractivity contribution in [2.75, 3.05) is 5.43 Å². The van der Waals surface area contributed by atoms with Crippen LogP contribution in [0.2, 0.25) is 0 Å². The SMILES string of the molecule is C[n+]1ccc(CCc2ccccc2NNC(=O)Cn2c[n+](C)c3ccccc32)cc1. The number of carbonyl (C=O) groups is 1. The van der Waals surface area contributed by atoms with Crippen molar-refractivity contribution < 1.29 is 13.9 Å². The summed E-state index contributed by atoms with van der Waals surface area (Å²) in [6.07, 6.45) is 7.90. The Morgan fingerprint density at radius 1 is 0.933 bits per heavy atom. The van der Waals surface area contributed by atoms with Gasteiger partial charge in [-0.3, -0.25) is 15.6 Å². The van der Waals surface area contributed by atoms with E-state index in [0.29, 0.717) is 0 Å². The Hall–Kier alpha value is -3.67. The molecule has 0 radical (unpaired) electrons. The molecule has 0 bridgehead atoms. The predicted octanol–water partition coefficient (Wildman–Crippen LogP) is 2.22. The fraction of sp³-hybridized carbons (Fsp3) is 0.208. The number of aromatic nitrogens is 3. The van der Waals surface area contributed by atoms with Crippen molar-refractivity contribution in [3.63, 3.8) is 0 Å². The summed E-state index contributed by atoms with van der Waals surface area (Å²) in [7, 11) is 4.00. The highest BCUT2D eigenvalue weighted by atomic mass is 16.2. The smallest absolute Gasteiger partial charge is 0.280 e. The monoisotopic (exact) mass is 401 g/mol. The van der Waals surface area contributed by atoms with E-state index in [2.05, 4.69) is 41.4 Å². The molecule has 0 aliphatic carbocycles. The minimum absolute atomic E-state index is 0.0956. The third-order valence-electron chi connectivity index (χ3n) is 5.28. The van der Waals surface area contributed by atoms with Crippen LogP contribution in [0.5, 0.6) is 0 Å². The lowest BCUT2D eigenvalue weighted by molar-refractivity contribution is -0.671. The molecule has 2 heterocycles. The molecular formula is C24H27N5O+2. The first-order valence-corrected chi connectivity index (χ1v) is 10.1. The number of rotatable bonds is 7. The zero-order valence-electron chi connectivity index (χ0n) is 17.4. The van der Waals surface area contributed by atoms with E-state index in [9.17, 15) is 4.79 Å². The second kappa shape index (κ2) is 8.78. The van der Waals surface area contributed by atoms with Crippen LogP contribution in [0, 0.1) is 0 Å². The number of aryl methyl sites for hydroxylation is 4. The molecule has 0 fully saturated rings. The molecule has 2 aromatic carbocycles. The van der Waals surface area contributed by atoms with E-state index in [0.717, 1.165) is 29.6 Å². The van der Waals surface area contributed by atoms with Crippen LogP contribution in [-0.2, 0) is 38.3 Å². The topological polar surface area (TPSA) is 53.8 Å². The van der Waals surface area contributed by atoms with Gasteiger partial charge in [0.15, 0.2) is 30.0 Å². The number of amides is 1. The lowest BCUT2D eigenvalue weighted by Gasteiger charge is -2.12. The molecule has 30 heavy (non-hydrogen) atoms. The largest absolute Gasteiger partial charge is 0.298 e. The van der Waals surface area contributed by atoms with Crippen molar-refractivity contribution in [2.45, 2.75) is 19.4 Å². The van der Waals surface area contributed by atoms with Gasteiger partial charge in [0.25, 0.3) is 5.91 Å². The van der Waals surface area contributed by atoms with E-state index in [1.807, 2.05) is 76.6 Å². The number of benzene rings is 2. The highest BCUT2D eigenvalue weighted by Gasteiger charge is 2.15. The molecule has 2 aromatic heterocycles. The van der Waals surface area contributed by atoms with Crippen molar-refractivity contribution in [3.05, 3.63) is 90.5 Å². The maximum absolute atomic E-state index is 12.6. The van der Waals surface area contributed by atoms with Crippen LogP contribution < -0.4 is 20.0 Å². The Balaban J connectivity index is 1.38. The zero-order valence-corrected chi connectivity index (χ0v) is 17.4. The molecule has 0 unspecified atom stereocenters. The molecule has 4 aromatic rings. The molecule has 0 atom stereocenters. The molecular weight excluding hydrogens is 374 g/mol. The third kappa shape index (κ3) is 4.49. The van der Waals surface area contributed by atoms with E-state index >= 15 is 0 Å². The number of hydrogen-bond acceptors (Lipinski definition) is 2. The lowest BCUT2D eigenvalue weighted by atomic mass is 10.0. The molecule has 6 nitrogen and oxygen atoms in total. The molecule has 1 amide bonds. The second-order valence-electron chi connectivity index (χ2n) is 7.55. The van der Waals surface area contributed by atoms with Crippen molar-refractivity contribution in [3.8, 4) is 0 Å². The van der Waals surface area contributed by atoms with Gasteiger partial charge in [-0.1, -0.05) is 30.3 Å². The Labute approximate surface area is 176 Å². The minimum Gasteiger partial charge on any atom is -0.298 e. The number of hydrazine groups is 1. The van der Waals surface area contributed by atoms with E-state index in [-0.39, 0.29) is 12.5 Å². The maximum Gasteiger partial charge on any atom is 0.280 e. The summed E-state index contributed by atoms with van der Waals surface area (Å²) in [5, 5.41) is 0. The Kier molecular flexibility index (Phi) is 5.75. The Morgan fingerprint density at radius 3 is 2.50 bits per heavy atom. The van der Waals surface area contributed by atoms with E-state index < -0.39 is 0 Å². The number of carbonyl (C=O) groups excluding carboxylic acids is 1. The number of imidazole rings is 1. The van der Waals surface area contributed by atoms with Gasteiger partial charge in [0.05, 0.1) is 12.7 Å². The van der Waals surface area contributed by atoms with Crippen LogP contribution >= 0.6 is 0 Å². The van der Waals surface area contributed by atoms with E-state index in [1.54, 1.807) is 0 Å². The van der Waals surface area contributed by atoms with Gasteiger partial charge < -0.3 is 0 Å². The summed E-state index contributed by atoms with van der Waals surface area (Å²) in [6.45, 7) is 0.248. The summed E-state index contributed by atoms with van der Waals surface area (Å²) < 4.78 is 6.01. The van der Waals surface area contributed by atoms with E-state index in [1.165, 1.54) is 11.1 Å². The van der Waals surface area contributed by atoms with Gasteiger partial charge in [0.1, 0.15) is 7.05 Å². The first kappa shape index (κ1) is 19.6. The van der Waals surface area contributed by atoms with Crippen LogP contribution in [0.3, 0.4) is 0 Å². The average molecular weight is 402 g/mol. The van der Waals surface area contributed by atoms with Gasteiger partial charge in [-0.25, -0.2) is 13.7 Å². The molecule has 6 heteroatoms. The van der Waals surface area contributed by atoms with Gasteiger partial charge in [0.2, 0.25) is 6.33 Å². The number of nitrogens with one attached hydrogen (secondary N) is 2. The molecule has 0 aliphatic heterocycles. The summed E-state index contributed by atoms with van der Waals surface area (Å²) in [5.41, 5.74) is 11.5. The van der Waals surface area contributed by atoms with Crippen LogP contribution in [-0.4, -0.2) is 10.5 Å². The minimum atomic E-state index is -0.0956. The summed E-state index contributed by atoms with van der Waals surface area (Å²) in [6, 6.07) is 20.4. The summed E-state index contributed by atoms with van der Waals surface area (Å²) in [4.78, 5) is 12.6. The number of nitrogens with zero attached hydrogens (tertiary/aromatic N) is 3. The quantitative estimate of drug-likeness (QED) is 0.369. The molecule has 4 rings (SSSR count). The fourth-order valence-corrected chi connectivity index (χ4v) is 3.63. The van der Waals surface area contributed by atoms with Crippen LogP contribution in [0.25, 0.3) is 11.0 Å². The first-order chi connectivity index (χ1) is 14.6. The number of para-hydroxylation sites is 3. The molecule has 0 spiro atoms. The van der Waals surface area contributed by atoms with Gasteiger partial charge in [-0.05, 0) is 42.2 Å². The third-order valence-corrected chi connectivity index (χ3v) is 5.28. The van der Waals surface area contributed by atoms with Crippen molar-refractivity contribution in [1.82, 2.24) is 9.99 Å². The number of fused-ring (bicyclic) bond motifs is 1. The lowest BCUT2D eigenvalue weighted by Crippen LogP contribution is -2.33. The van der Waals surface area contributed by atoms with Crippen LogP contribution in [0.1, 0.15) is 11.1 Å².